The van der Waals surface area contributed by atoms with Gasteiger partial charge in [-0.1, -0.05) is 23.7 Å². The molecule has 2 aliphatic rings. The number of halogens is 1. The number of rotatable bonds is 3. The summed E-state index contributed by atoms with van der Waals surface area (Å²) in [6, 6.07) is 7.88. The lowest BCUT2D eigenvalue weighted by molar-refractivity contribution is -0.155. The van der Waals surface area contributed by atoms with Crippen LogP contribution in [0.1, 0.15) is 37.2 Å². The normalized spacial score (nSPS) is 25.5. The second kappa shape index (κ2) is 6.89. The van der Waals surface area contributed by atoms with Crippen molar-refractivity contribution >= 4 is 23.5 Å². The number of nitrogens with zero attached hydrogens (tertiary/aromatic N) is 1. The molecule has 0 spiro atoms. The fraction of sp³-hybridized carbons (Fsp3) is 0.529. The van der Waals surface area contributed by atoms with Crippen molar-refractivity contribution in [3.05, 3.63) is 34.9 Å². The number of carboxylic acid groups (broad SMARTS) is 1. The van der Waals surface area contributed by atoms with Crippen molar-refractivity contribution in [3.63, 3.8) is 0 Å². The van der Waals surface area contributed by atoms with Crippen LogP contribution in [0.5, 0.6) is 0 Å². The topological polar surface area (TPSA) is 66.8 Å². The number of hydrogen-bond acceptors (Lipinski definition) is 3. The summed E-state index contributed by atoms with van der Waals surface area (Å²) in [5.41, 5.74) is 1.25. The van der Waals surface area contributed by atoms with Crippen molar-refractivity contribution in [2.24, 2.45) is 0 Å². The van der Waals surface area contributed by atoms with Crippen LogP contribution in [0, 0.1) is 0 Å². The second-order valence-electron chi connectivity index (χ2n) is 6.18. The van der Waals surface area contributed by atoms with Crippen LogP contribution in [-0.4, -0.2) is 47.2 Å². The molecule has 124 valence electrons. The van der Waals surface area contributed by atoms with E-state index in [0.717, 1.165) is 17.9 Å². The molecule has 0 radical (unpaired) electrons. The number of hydrogen-bond donors (Lipinski definition) is 1. The number of aliphatic carboxylic acids is 1. The van der Waals surface area contributed by atoms with Crippen molar-refractivity contribution in [1.82, 2.24) is 4.90 Å². The van der Waals surface area contributed by atoms with Gasteiger partial charge < -0.3 is 14.7 Å². The SMILES string of the molecule is O=C(O)[C@H]1CC[C@@H](C(=O)N2CCC(c3ccc(Cl)cc3)CC2)O1. The van der Waals surface area contributed by atoms with Gasteiger partial charge in [0.25, 0.3) is 5.91 Å². The Morgan fingerprint density at radius 2 is 1.65 bits per heavy atom. The summed E-state index contributed by atoms with van der Waals surface area (Å²) in [5, 5.41) is 9.67. The number of piperidine rings is 1. The molecule has 1 amide bonds. The van der Waals surface area contributed by atoms with Crippen LogP contribution in [0.3, 0.4) is 0 Å². The molecule has 2 aliphatic heterocycles. The van der Waals surface area contributed by atoms with Gasteiger partial charge in [0.05, 0.1) is 0 Å². The van der Waals surface area contributed by atoms with Crippen LogP contribution in [0.4, 0.5) is 0 Å². The highest BCUT2D eigenvalue weighted by Gasteiger charge is 2.37. The Morgan fingerprint density at radius 1 is 1.04 bits per heavy atom. The molecule has 1 N–H and O–H groups in total. The molecular formula is C17H20ClNO4. The van der Waals surface area contributed by atoms with Gasteiger partial charge in [0.1, 0.15) is 6.10 Å². The number of likely N-dealkylation sites (tertiary alicyclic amines) is 1. The third kappa shape index (κ3) is 3.67. The smallest absolute Gasteiger partial charge is 0.332 e. The molecule has 0 aromatic heterocycles. The first-order valence-corrected chi connectivity index (χ1v) is 8.35. The van der Waals surface area contributed by atoms with Crippen LogP contribution in [0.25, 0.3) is 0 Å². The maximum atomic E-state index is 12.4. The van der Waals surface area contributed by atoms with Gasteiger partial charge in [-0.2, -0.15) is 0 Å². The lowest BCUT2D eigenvalue weighted by Crippen LogP contribution is -2.43. The predicted molar refractivity (Wildman–Crippen MR) is 85.5 cm³/mol. The van der Waals surface area contributed by atoms with E-state index in [-0.39, 0.29) is 5.91 Å². The maximum Gasteiger partial charge on any atom is 0.332 e. The number of amides is 1. The van der Waals surface area contributed by atoms with Crippen molar-refractivity contribution in [2.45, 2.75) is 43.8 Å². The quantitative estimate of drug-likeness (QED) is 0.920. The van der Waals surface area contributed by atoms with E-state index in [1.807, 2.05) is 24.3 Å². The molecule has 6 heteroatoms. The van der Waals surface area contributed by atoms with Crippen LogP contribution < -0.4 is 0 Å². The van der Waals surface area contributed by atoms with E-state index >= 15 is 0 Å². The summed E-state index contributed by atoms with van der Waals surface area (Å²) in [7, 11) is 0. The van der Waals surface area contributed by atoms with Crippen molar-refractivity contribution in [1.29, 1.82) is 0 Å². The maximum absolute atomic E-state index is 12.4. The minimum atomic E-state index is -0.984. The number of carbonyl (C=O) groups excluding carboxylic acids is 1. The Labute approximate surface area is 140 Å². The van der Waals surface area contributed by atoms with Crippen LogP contribution in [0.15, 0.2) is 24.3 Å². The zero-order valence-electron chi connectivity index (χ0n) is 12.8. The molecule has 3 rings (SSSR count). The van der Waals surface area contributed by atoms with Gasteiger partial charge in [-0.25, -0.2) is 4.79 Å². The molecule has 2 atom stereocenters. The predicted octanol–water partition coefficient (Wildman–Crippen LogP) is 2.68. The van der Waals surface area contributed by atoms with Gasteiger partial charge in [0, 0.05) is 18.1 Å². The van der Waals surface area contributed by atoms with E-state index in [0.29, 0.717) is 31.8 Å². The molecular weight excluding hydrogens is 318 g/mol. The third-order valence-electron chi connectivity index (χ3n) is 4.72. The first-order chi connectivity index (χ1) is 11.0. The minimum absolute atomic E-state index is 0.0664. The Balaban J connectivity index is 1.53. The van der Waals surface area contributed by atoms with Gasteiger partial charge in [0.2, 0.25) is 0 Å². The molecule has 2 heterocycles. The summed E-state index contributed by atoms with van der Waals surface area (Å²) < 4.78 is 5.36. The molecule has 1 aromatic rings. The van der Waals surface area contributed by atoms with Gasteiger partial charge in [-0.15, -0.1) is 0 Å². The summed E-state index contributed by atoms with van der Waals surface area (Å²) in [4.78, 5) is 25.2. The second-order valence-corrected chi connectivity index (χ2v) is 6.62. The van der Waals surface area contributed by atoms with Crippen molar-refractivity contribution < 1.29 is 19.4 Å². The summed E-state index contributed by atoms with van der Waals surface area (Å²) in [5.74, 6) is -0.613. The number of carboxylic acids is 1. The average Bonchev–Trinajstić information content (AvgIpc) is 3.05. The summed E-state index contributed by atoms with van der Waals surface area (Å²) in [6.07, 6.45) is 1.28. The molecule has 0 aliphatic carbocycles. The highest BCUT2D eigenvalue weighted by molar-refractivity contribution is 6.30. The molecule has 5 nitrogen and oxygen atoms in total. The van der Waals surface area contributed by atoms with Gasteiger partial charge in [-0.05, 0) is 49.3 Å². The Morgan fingerprint density at radius 3 is 2.22 bits per heavy atom. The van der Waals surface area contributed by atoms with Crippen LogP contribution in [0.2, 0.25) is 5.02 Å². The first kappa shape index (κ1) is 16.3. The molecule has 0 saturated carbocycles. The number of benzene rings is 1. The average molecular weight is 338 g/mol. The lowest BCUT2D eigenvalue weighted by Gasteiger charge is -2.33. The fourth-order valence-electron chi connectivity index (χ4n) is 3.37. The molecule has 1 aromatic carbocycles. The van der Waals surface area contributed by atoms with Gasteiger partial charge >= 0.3 is 5.97 Å². The summed E-state index contributed by atoms with van der Waals surface area (Å²) in [6.45, 7) is 1.37. The van der Waals surface area contributed by atoms with Crippen molar-refractivity contribution in [2.75, 3.05) is 13.1 Å². The van der Waals surface area contributed by atoms with E-state index in [2.05, 4.69) is 0 Å². The number of carbonyl (C=O) groups is 2. The van der Waals surface area contributed by atoms with Gasteiger partial charge in [0.15, 0.2) is 6.10 Å². The Kier molecular flexibility index (Phi) is 4.87. The third-order valence-corrected chi connectivity index (χ3v) is 4.97. The van der Waals surface area contributed by atoms with Crippen LogP contribution in [-0.2, 0) is 14.3 Å². The zero-order chi connectivity index (χ0) is 16.4. The lowest BCUT2D eigenvalue weighted by atomic mass is 9.89. The largest absolute Gasteiger partial charge is 0.479 e. The fourth-order valence-corrected chi connectivity index (χ4v) is 3.50. The standard InChI is InChI=1S/C17H20ClNO4/c18-13-3-1-11(2-4-13)12-7-9-19(10-8-12)16(20)14-5-6-15(23-14)17(21)22/h1-4,12,14-15H,5-10H2,(H,21,22)/t14-,15+/m0/s1. The molecule has 0 bridgehead atoms. The first-order valence-electron chi connectivity index (χ1n) is 7.97. The number of ether oxygens (including phenoxy) is 1. The molecule has 2 fully saturated rings. The summed E-state index contributed by atoms with van der Waals surface area (Å²) >= 11 is 5.91. The van der Waals surface area contributed by atoms with E-state index in [9.17, 15) is 9.59 Å². The highest BCUT2D eigenvalue weighted by Crippen LogP contribution is 2.30. The molecule has 2 saturated heterocycles. The minimum Gasteiger partial charge on any atom is -0.479 e. The highest BCUT2D eigenvalue weighted by atomic mass is 35.5. The van der Waals surface area contributed by atoms with E-state index < -0.39 is 18.2 Å². The molecule has 23 heavy (non-hydrogen) atoms. The van der Waals surface area contributed by atoms with Gasteiger partial charge in [-0.3, -0.25) is 4.79 Å². The van der Waals surface area contributed by atoms with E-state index in [1.165, 1.54) is 5.56 Å². The van der Waals surface area contributed by atoms with Crippen LogP contribution >= 0.6 is 11.6 Å². The Hall–Kier alpha value is -1.59. The molecule has 0 unspecified atom stereocenters. The Bertz CT molecular complexity index is 581. The van der Waals surface area contributed by atoms with E-state index in [1.54, 1.807) is 4.90 Å². The van der Waals surface area contributed by atoms with Crippen molar-refractivity contribution in [3.8, 4) is 0 Å². The zero-order valence-corrected chi connectivity index (χ0v) is 13.5. The monoisotopic (exact) mass is 337 g/mol. The van der Waals surface area contributed by atoms with E-state index in [4.69, 9.17) is 21.4 Å².